The summed E-state index contributed by atoms with van der Waals surface area (Å²) in [7, 11) is 0. The number of fused-ring (bicyclic) bond motifs is 3. The van der Waals surface area contributed by atoms with Gasteiger partial charge in [-0.2, -0.15) is 13.2 Å². The zero-order valence-corrected chi connectivity index (χ0v) is 17.8. The van der Waals surface area contributed by atoms with Gasteiger partial charge in [0, 0.05) is 35.8 Å². The van der Waals surface area contributed by atoms with Crippen molar-refractivity contribution in [2.75, 3.05) is 18.0 Å². The number of halogens is 3. The standard InChI is InChI=1S/C23H27F3N4O/c1-3-29-16-4-6-18(29)19(7-5-16)30-9-8-14-11-17(27-28-22(14)30)21-13(2)10-15(12-20(21)31)23(24,25)26/h10-12,16,18-19,31H,3-9H2,1-2H3/t16-,18+,19+/m1/s1. The molecule has 3 aliphatic rings. The van der Waals surface area contributed by atoms with Crippen molar-refractivity contribution >= 4 is 5.82 Å². The molecule has 4 heterocycles. The lowest BCUT2D eigenvalue weighted by Gasteiger charge is -2.43. The van der Waals surface area contributed by atoms with Crippen LogP contribution in [-0.2, 0) is 12.6 Å². The van der Waals surface area contributed by atoms with E-state index in [4.69, 9.17) is 0 Å². The number of hydrogen-bond donors (Lipinski definition) is 1. The number of alkyl halides is 3. The number of phenols is 1. The van der Waals surface area contributed by atoms with Crippen molar-refractivity contribution in [3.63, 3.8) is 0 Å². The summed E-state index contributed by atoms with van der Waals surface area (Å²) in [5.41, 5.74) is 1.25. The van der Waals surface area contributed by atoms with Gasteiger partial charge in [-0.1, -0.05) is 6.92 Å². The smallest absolute Gasteiger partial charge is 0.416 e. The molecule has 8 heteroatoms. The maximum atomic E-state index is 13.1. The Morgan fingerprint density at radius 1 is 1.06 bits per heavy atom. The van der Waals surface area contributed by atoms with Crippen LogP contribution in [0, 0.1) is 6.92 Å². The van der Waals surface area contributed by atoms with Crippen LogP contribution in [0.15, 0.2) is 18.2 Å². The summed E-state index contributed by atoms with van der Waals surface area (Å²) in [6.45, 7) is 5.75. The molecule has 1 aromatic heterocycles. The van der Waals surface area contributed by atoms with Crippen molar-refractivity contribution < 1.29 is 18.3 Å². The number of piperidine rings is 1. The predicted octanol–water partition coefficient (Wildman–Crippen LogP) is 4.55. The van der Waals surface area contributed by atoms with Crippen molar-refractivity contribution in [2.24, 2.45) is 0 Å². The summed E-state index contributed by atoms with van der Waals surface area (Å²) >= 11 is 0. The van der Waals surface area contributed by atoms with E-state index in [0.29, 0.717) is 34.9 Å². The van der Waals surface area contributed by atoms with E-state index in [1.54, 1.807) is 6.92 Å². The predicted molar refractivity (Wildman–Crippen MR) is 112 cm³/mol. The first-order valence-electron chi connectivity index (χ1n) is 11.1. The van der Waals surface area contributed by atoms with E-state index in [1.165, 1.54) is 19.3 Å². The number of rotatable bonds is 3. The Labute approximate surface area is 179 Å². The molecule has 3 atom stereocenters. The van der Waals surface area contributed by atoms with Crippen LogP contribution in [0.1, 0.15) is 49.3 Å². The second kappa shape index (κ2) is 7.36. The first kappa shape index (κ1) is 20.5. The van der Waals surface area contributed by atoms with Gasteiger partial charge in [0.15, 0.2) is 5.82 Å². The minimum Gasteiger partial charge on any atom is -0.507 e. The van der Waals surface area contributed by atoms with Gasteiger partial charge in [-0.3, -0.25) is 4.90 Å². The molecule has 0 saturated carbocycles. The van der Waals surface area contributed by atoms with Crippen LogP contribution < -0.4 is 4.90 Å². The van der Waals surface area contributed by atoms with E-state index >= 15 is 0 Å². The number of hydrogen-bond acceptors (Lipinski definition) is 5. The molecule has 5 rings (SSSR count). The summed E-state index contributed by atoms with van der Waals surface area (Å²) in [5, 5.41) is 19.2. The van der Waals surface area contributed by atoms with Gasteiger partial charge in [0.25, 0.3) is 0 Å². The maximum absolute atomic E-state index is 13.1. The lowest BCUT2D eigenvalue weighted by atomic mass is 9.96. The summed E-state index contributed by atoms with van der Waals surface area (Å²) in [6, 6.07) is 5.40. The molecular formula is C23H27F3N4O. The normalized spacial score (nSPS) is 25.8. The van der Waals surface area contributed by atoms with Crippen LogP contribution in [0.2, 0.25) is 0 Å². The number of aryl methyl sites for hydroxylation is 1. The topological polar surface area (TPSA) is 52.5 Å². The molecule has 1 N–H and O–H groups in total. The third-order valence-electron chi connectivity index (χ3n) is 7.34. The summed E-state index contributed by atoms with van der Waals surface area (Å²) in [4.78, 5) is 5.03. The third kappa shape index (κ3) is 3.35. The number of phenolic OH excluding ortho intramolecular Hbond substituents is 1. The molecule has 0 amide bonds. The monoisotopic (exact) mass is 432 g/mol. The van der Waals surface area contributed by atoms with E-state index in [-0.39, 0.29) is 0 Å². The van der Waals surface area contributed by atoms with Gasteiger partial charge in [0.1, 0.15) is 5.75 Å². The Bertz CT molecular complexity index is 986. The maximum Gasteiger partial charge on any atom is 0.416 e. The van der Waals surface area contributed by atoms with Gasteiger partial charge in [-0.05, 0) is 69.3 Å². The molecule has 3 aliphatic heterocycles. The molecule has 2 aromatic rings. The molecule has 5 nitrogen and oxygen atoms in total. The molecule has 1 aromatic carbocycles. The Hall–Kier alpha value is -2.35. The van der Waals surface area contributed by atoms with Crippen LogP contribution in [0.3, 0.4) is 0 Å². The van der Waals surface area contributed by atoms with Gasteiger partial charge in [-0.25, -0.2) is 0 Å². The molecule has 0 aliphatic carbocycles. The highest BCUT2D eigenvalue weighted by Crippen LogP contribution is 2.43. The second-order valence-corrected chi connectivity index (χ2v) is 8.98. The lowest BCUT2D eigenvalue weighted by molar-refractivity contribution is -0.137. The molecule has 2 fully saturated rings. The van der Waals surface area contributed by atoms with Crippen LogP contribution in [0.25, 0.3) is 11.3 Å². The molecule has 31 heavy (non-hydrogen) atoms. The second-order valence-electron chi connectivity index (χ2n) is 8.98. The quantitative estimate of drug-likeness (QED) is 0.771. The van der Waals surface area contributed by atoms with Gasteiger partial charge >= 0.3 is 6.18 Å². The molecule has 0 spiro atoms. The fraction of sp³-hybridized carbons (Fsp3) is 0.565. The number of aromatic nitrogens is 2. The Morgan fingerprint density at radius 2 is 1.81 bits per heavy atom. The van der Waals surface area contributed by atoms with Crippen LogP contribution >= 0.6 is 0 Å². The first-order chi connectivity index (χ1) is 14.8. The molecule has 0 unspecified atom stereocenters. The highest BCUT2D eigenvalue weighted by molar-refractivity contribution is 5.73. The van der Waals surface area contributed by atoms with E-state index in [2.05, 4.69) is 26.9 Å². The Balaban J connectivity index is 1.45. The Morgan fingerprint density at radius 3 is 2.48 bits per heavy atom. The van der Waals surface area contributed by atoms with E-state index in [1.807, 2.05) is 6.07 Å². The minimum absolute atomic E-state index is 0.315. The summed E-state index contributed by atoms with van der Waals surface area (Å²) in [6.07, 6.45) is 1.19. The van der Waals surface area contributed by atoms with Crippen LogP contribution in [0.5, 0.6) is 5.75 Å². The average molecular weight is 432 g/mol. The van der Waals surface area contributed by atoms with E-state index in [0.717, 1.165) is 49.4 Å². The van der Waals surface area contributed by atoms with Crippen LogP contribution in [0.4, 0.5) is 19.0 Å². The number of aromatic hydroxyl groups is 1. The number of nitrogens with zero attached hydrogens (tertiary/aromatic N) is 4. The van der Waals surface area contributed by atoms with Gasteiger partial charge < -0.3 is 10.0 Å². The third-order valence-corrected chi connectivity index (χ3v) is 7.34. The summed E-state index contributed by atoms with van der Waals surface area (Å²) < 4.78 is 39.2. The lowest BCUT2D eigenvalue weighted by Crippen LogP contribution is -2.54. The number of benzene rings is 1. The number of likely N-dealkylation sites (N-methyl/N-ethyl adjacent to an activating group) is 1. The molecular weight excluding hydrogens is 405 g/mol. The first-order valence-corrected chi connectivity index (χ1v) is 11.1. The summed E-state index contributed by atoms with van der Waals surface area (Å²) in [5.74, 6) is 0.471. The van der Waals surface area contributed by atoms with Crippen LogP contribution in [-0.4, -0.2) is 51.4 Å². The molecule has 2 bridgehead atoms. The zero-order chi connectivity index (χ0) is 21.9. The molecule has 166 valence electrons. The average Bonchev–Trinajstić information content (AvgIpc) is 3.26. The SMILES string of the molecule is CCN1[C@H]2CC[C@H](N3CCc4cc(-c5c(C)cc(C(F)(F)F)cc5O)nnc43)[C@@H]1CC2. The van der Waals surface area contributed by atoms with Gasteiger partial charge in [-0.15, -0.1) is 10.2 Å². The van der Waals surface area contributed by atoms with E-state index in [9.17, 15) is 18.3 Å². The minimum atomic E-state index is -4.50. The Kier molecular flexibility index (Phi) is 4.88. The number of anilines is 1. The highest BCUT2D eigenvalue weighted by Gasteiger charge is 2.45. The van der Waals surface area contributed by atoms with Crippen molar-refractivity contribution in [1.29, 1.82) is 0 Å². The van der Waals surface area contributed by atoms with Crippen molar-refractivity contribution in [2.45, 2.75) is 70.3 Å². The zero-order valence-electron chi connectivity index (χ0n) is 17.8. The van der Waals surface area contributed by atoms with E-state index < -0.39 is 17.5 Å². The van der Waals surface area contributed by atoms with Gasteiger partial charge in [0.2, 0.25) is 0 Å². The fourth-order valence-electron chi connectivity index (χ4n) is 6.01. The highest BCUT2D eigenvalue weighted by atomic mass is 19.4. The van der Waals surface area contributed by atoms with Crippen molar-refractivity contribution in [1.82, 2.24) is 15.1 Å². The molecule has 2 saturated heterocycles. The molecule has 0 radical (unpaired) electrons. The largest absolute Gasteiger partial charge is 0.507 e. The van der Waals surface area contributed by atoms with Crippen molar-refractivity contribution in [3.8, 4) is 17.0 Å². The van der Waals surface area contributed by atoms with Gasteiger partial charge in [0.05, 0.1) is 11.3 Å². The fourth-order valence-corrected chi connectivity index (χ4v) is 6.01. The van der Waals surface area contributed by atoms with Crippen molar-refractivity contribution in [3.05, 3.63) is 34.9 Å².